The number of rotatable bonds is 0. The molecule has 0 radical (unpaired) electrons. The average molecular weight is 166 g/mol. The Morgan fingerprint density at radius 1 is 1.36 bits per heavy atom. The van der Waals surface area contributed by atoms with E-state index in [1.54, 1.807) is 0 Å². The van der Waals surface area contributed by atoms with Crippen molar-refractivity contribution in [1.82, 2.24) is 0 Å². The largest absolute Gasteiger partial charge is 0.234 e. The second kappa shape index (κ2) is 2.45. The topological polar surface area (TPSA) is 3.88 Å². The molecule has 0 saturated carbocycles. The van der Waals surface area contributed by atoms with E-state index < -0.39 is 0 Å². The predicted octanol–water partition coefficient (Wildman–Crippen LogP) is 0.236. The van der Waals surface area contributed by atoms with Gasteiger partial charge < -0.3 is 0 Å². The third-order valence-corrected chi connectivity index (χ3v) is 3.34. The van der Waals surface area contributed by atoms with Gasteiger partial charge in [-0.2, -0.15) is 4.57 Å². The molecule has 0 unspecified atom stereocenters. The van der Waals surface area contributed by atoms with Crippen molar-refractivity contribution in [2.45, 2.75) is 19.8 Å². The van der Waals surface area contributed by atoms with E-state index in [9.17, 15) is 0 Å². The van der Waals surface area contributed by atoms with Gasteiger partial charge in [0.2, 0.25) is 10.4 Å². The molecular weight excluding hydrogens is 154 g/mol. The quantitative estimate of drug-likeness (QED) is 0.486. The molecule has 0 fully saturated rings. The van der Waals surface area contributed by atoms with Gasteiger partial charge in [-0.3, -0.25) is 0 Å². The van der Waals surface area contributed by atoms with Crippen LogP contribution in [-0.2, 0) is 7.05 Å². The van der Waals surface area contributed by atoms with Crippen molar-refractivity contribution >= 4 is 23.5 Å². The lowest BCUT2D eigenvalue weighted by molar-refractivity contribution is -0.685. The van der Waals surface area contributed by atoms with Crippen LogP contribution in [0.4, 0.5) is 0 Å². The van der Waals surface area contributed by atoms with Gasteiger partial charge in [0.1, 0.15) is 11.6 Å². The summed E-state index contributed by atoms with van der Waals surface area (Å²) in [7, 11) is 2.14. The first-order valence-corrected chi connectivity index (χ1v) is 4.76. The number of hydrogen-bond donors (Lipinski definition) is 0. The molecule has 0 saturated heterocycles. The molecular formula is C9H12NS+. The van der Waals surface area contributed by atoms with Gasteiger partial charge in [-0.1, -0.05) is 17.4 Å². The predicted molar refractivity (Wildman–Crippen MR) is 47.6 cm³/mol. The van der Waals surface area contributed by atoms with E-state index in [0.717, 1.165) is 0 Å². The van der Waals surface area contributed by atoms with Crippen LogP contribution in [-0.4, -0.2) is 0 Å². The Hall–Kier alpha value is -0.630. The van der Waals surface area contributed by atoms with Crippen LogP contribution in [0, 0.1) is 6.92 Å². The maximum absolute atomic E-state index is 2.34. The van der Waals surface area contributed by atoms with Gasteiger partial charge in [0.05, 0.1) is 0 Å². The first-order chi connectivity index (χ1) is 5.29. The molecule has 58 valence electrons. The molecule has 0 aromatic carbocycles. The van der Waals surface area contributed by atoms with Crippen LogP contribution in [0.3, 0.4) is 0 Å². The van der Waals surface area contributed by atoms with Gasteiger partial charge in [-0.15, -0.1) is 0 Å². The highest BCUT2D eigenvalue weighted by Crippen LogP contribution is 1.97. The van der Waals surface area contributed by atoms with Crippen LogP contribution in [0.2, 0.25) is 0 Å². The number of aromatic nitrogens is 1. The zero-order chi connectivity index (χ0) is 7.84. The normalized spacial score (nSPS) is 15.1. The van der Waals surface area contributed by atoms with Crippen LogP contribution in [0.5, 0.6) is 0 Å². The van der Waals surface area contributed by atoms with Crippen molar-refractivity contribution in [2.75, 3.05) is 0 Å². The van der Waals surface area contributed by atoms with Crippen molar-refractivity contribution in [1.29, 1.82) is 0 Å². The summed E-state index contributed by atoms with van der Waals surface area (Å²) in [5.74, 6) is 0. The third kappa shape index (κ3) is 1.02. The Bertz CT molecular complexity index is 386. The molecule has 11 heavy (non-hydrogen) atoms. The summed E-state index contributed by atoms with van der Waals surface area (Å²) in [6.45, 7) is 2.17. The molecule has 2 rings (SSSR count). The standard InChI is InChI=1S/C9H12NS/c1-7-10(2)8-5-3-4-6-9(8)11-7/h5-6H,3-4H2,1-2H3/q+1. The Morgan fingerprint density at radius 3 is 2.82 bits per heavy atom. The monoisotopic (exact) mass is 166 g/mol. The molecule has 2 heteroatoms. The first-order valence-electron chi connectivity index (χ1n) is 3.95. The van der Waals surface area contributed by atoms with Gasteiger partial charge in [-0.25, -0.2) is 0 Å². The van der Waals surface area contributed by atoms with Crippen LogP contribution in [0.15, 0.2) is 0 Å². The van der Waals surface area contributed by atoms with Crippen molar-refractivity contribution in [3.8, 4) is 0 Å². The molecule has 1 aliphatic carbocycles. The molecule has 0 bridgehead atoms. The molecule has 1 aromatic heterocycles. The Kier molecular flexibility index (Phi) is 1.57. The van der Waals surface area contributed by atoms with Crippen LogP contribution in [0.25, 0.3) is 12.2 Å². The van der Waals surface area contributed by atoms with E-state index in [4.69, 9.17) is 0 Å². The second-order valence-electron chi connectivity index (χ2n) is 2.92. The fraction of sp³-hybridized carbons (Fsp3) is 0.444. The summed E-state index contributed by atoms with van der Waals surface area (Å²) in [6, 6.07) is 0. The molecule has 0 atom stereocenters. The summed E-state index contributed by atoms with van der Waals surface area (Å²) in [6.07, 6.45) is 7.09. The van der Waals surface area contributed by atoms with E-state index in [-0.39, 0.29) is 0 Å². The fourth-order valence-electron chi connectivity index (χ4n) is 1.43. The Labute approximate surface area is 70.3 Å². The number of thiazole rings is 1. The highest BCUT2D eigenvalue weighted by atomic mass is 32.1. The highest BCUT2D eigenvalue weighted by molar-refractivity contribution is 7.09. The molecule has 0 spiro atoms. The summed E-state index contributed by atoms with van der Waals surface area (Å²) >= 11 is 1.89. The third-order valence-electron chi connectivity index (χ3n) is 2.18. The zero-order valence-corrected chi connectivity index (χ0v) is 7.74. The summed E-state index contributed by atoms with van der Waals surface area (Å²) in [5, 5.41) is 2.81. The number of fused-ring (bicyclic) bond motifs is 1. The summed E-state index contributed by atoms with van der Waals surface area (Å²) < 4.78 is 3.73. The zero-order valence-electron chi connectivity index (χ0n) is 6.92. The van der Waals surface area contributed by atoms with Crippen molar-refractivity contribution in [2.24, 2.45) is 7.05 Å². The molecule has 1 aromatic rings. The van der Waals surface area contributed by atoms with E-state index in [0.29, 0.717) is 0 Å². The minimum atomic E-state index is 1.21. The Morgan fingerprint density at radius 2 is 2.09 bits per heavy atom. The minimum Gasteiger partial charge on any atom is -0.189 e. The number of hydrogen-bond acceptors (Lipinski definition) is 1. The van der Waals surface area contributed by atoms with Crippen molar-refractivity contribution in [3.05, 3.63) is 14.9 Å². The summed E-state index contributed by atoms with van der Waals surface area (Å²) in [4.78, 5) is 0. The lowest BCUT2D eigenvalue weighted by atomic mass is 10.2. The second-order valence-corrected chi connectivity index (χ2v) is 4.15. The van der Waals surface area contributed by atoms with Crippen LogP contribution >= 0.6 is 11.3 Å². The summed E-state index contributed by atoms with van der Waals surface area (Å²) in [5.41, 5.74) is 0. The smallest absolute Gasteiger partial charge is 0.189 e. The molecule has 0 N–H and O–H groups in total. The molecule has 1 aliphatic rings. The fourth-order valence-corrected chi connectivity index (χ4v) is 2.51. The molecule has 0 aliphatic heterocycles. The van der Waals surface area contributed by atoms with Gasteiger partial charge in [0.15, 0.2) is 0 Å². The van der Waals surface area contributed by atoms with Gasteiger partial charge in [-0.05, 0) is 18.9 Å². The molecule has 1 heterocycles. The average Bonchev–Trinajstić information content (AvgIpc) is 2.30. The van der Waals surface area contributed by atoms with Crippen LogP contribution in [0.1, 0.15) is 17.8 Å². The Balaban J connectivity index is 2.89. The van der Waals surface area contributed by atoms with E-state index in [1.807, 2.05) is 11.3 Å². The highest BCUT2D eigenvalue weighted by Gasteiger charge is 2.09. The minimum absolute atomic E-state index is 1.21. The van der Waals surface area contributed by atoms with E-state index in [2.05, 4.69) is 30.7 Å². The van der Waals surface area contributed by atoms with E-state index in [1.165, 1.54) is 27.7 Å². The van der Waals surface area contributed by atoms with Gasteiger partial charge >= 0.3 is 0 Å². The first kappa shape index (κ1) is 7.04. The molecule has 1 nitrogen and oxygen atoms in total. The molecule has 0 amide bonds. The van der Waals surface area contributed by atoms with Gasteiger partial charge in [0, 0.05) is 6.92 Å². The van der Waals surface area contributed by atoms with Gasteiger partial charge in [0.25, 0.3) is 0 Å². The number of nitrogens with zero attached hydrogens (tertiary/aromatic N) is 1. The lowest BCUT2D eigenvalue weighted by Crippen LogP contribution is -2.51. The van der Waals surface area contributed by atoms with E-state index >= 15 is 0 Å². The maximum atomic E-state index is 2.34. The SMILES string of the molecule is Cc1sc2c([n+]1C)=CCCC=2. The van der Waals surface area contributed by atoms with Crippen LogP contribution < -0.4 is 14.4 Å². The lowest BCUT2D eigenvalue weighted by Gasteiger charge is -1.89. The number of aryl methyl sites for hydroxylation is 1. The maximum Gasteiger partial charge on any atom is 0.234 e. The van der Waals surface area contributed by atoms with Crippen molar-refractivity contribution in [3.63, 3.8) is 0 Å². The van der Waals surface area contributed by atoms with Crippen molar-refractivity contribution < 1.29 is 4.57 Å².